The molecule has 0 aliphatic rings. The predicted octanol–water partition coefficient (Wildman–Crippen LogP) is 2.41. The number of nitrogens with one attached hydrogen (secondary N) is 1. The quantitative estimate of drug-likeness (QED) is 0.409. The molecule has 3 rings (SSSR count). The average Bonchev–Trinajstić information content (AvgIpc) is 3.13. The molecule has 0 atom stereocenters. The molecule has 0 fully saturated rings. The van der Waals surface area contributed by atoms with E-state index in [1.54, 1.807) is 25.4 Å². The molecule has 1 aromatic carbocycles. The van der Waals surface area contributed by atoms with Crippen LogP contribution in [0.4, 0.5) is 5.69 Å². The Bertz CT molecular complexity index is 1030. The smallest absolute Gasteiger partial charge is 0.297 e. The van der Waals surface area contributed by atoms with Crippen molar-refractivity contribution in [2.24, 2.45) is 0 Å². The van der Waals surface area contributed by atoms with Gasteiger partial charge in [0, 0.05) is 25.9 Å². The fourth-order valence-electron chi connectivity index (χ4n) is 2.67. The highest BCUT2D eigenvalue weighted by atomic mass is 32.2. The predicted molar refractivity (Wildman–Crippen MR) is 106 cm³/mol. The van der Waals surface area contributed by atoms with E-state index in [1.165, 1.54) is 6.07 Å². The zero-order valence-corrected chi connectivity index (χ0v) is 16.6. The number of imidazole rings is 1. The van der Waals surface area contributed by atoms with Crippen LogP contribution in [-0.2, 0) is 23.8 Å². The Labute approximate surface area is 164 Å². The topological polar surface area (TPSA) is 91.2 Å². The lowest BCUT2D eigenvalue weighted by molar-refractivity contribution is 0.0554. The number of benzene rings is 1. The number of aromatic nitrogens is 2. The maximum absolute atomic E-state index is 12.5. The molecule has 2 heterocycles. The number of anilines is 1. The Kier molecular flexibility index (Phi) is 6.63. The van der Waals surface area contributed by atoms with Gasteiger partial charge in [0.15, 0.2) is 0 Å². The molecule has 0 amide bonds. The third-order valence-corrected chi connectivity index (χ3v) is 5.42. The van der Waals surface area contributed by atoms with Gasteiger partial charge in [0.1, 0.15) is 5.65 Å². The van der Waals surface area contributed by atoms with Crippen molar-refractivity contribution in [3.63, 3.8) is 0 Å². The fraction of sp³-hybridized carbons (Fsp3) is 0.316. The van der Waals surface area contributed by atoms with Crippen molar-refractivity contribution in [3.8, 4) is 11.3 Å². The standard InChI is InChI=1S/C19H23N3O5S/c1-20-16-6-7-19-21-13-18(22(19)14-16)15-4-3-5-17(12-15)28(23,24)27-11-10-26-9-8-25-2/h3-7,12-14,20H,8-11H2,1-2H3. The zero-order chi connectivity index (χ0) is 20.0. The highest BCUT2D eigenvalue weighted by molar-refractivity contribution is 7.86. The van der Waals surface area contributed by atoms with E-state index in [9.17, 15) is 8.42 Å². The molecule has 2 aromatic heterocycles. The van der Waals surface area contributed by atoms with E-state index in [0.29, 0.717) is 13.2 Å². The Morgan fingerprint density at radius 2 is 1.93 bits per heavy atom. The second-order valence-electron chi connectivity index (χ2n) is 5.95. The molecule has 8 nitrogen and oxygen atoms in total. The molecule has 0 radical (unpaired) electrons. The van der Waals surface area contributed by atoms with Gasteiger partial charge in [-0.1, -0.05) is 12.1 Å². The monoisotopic (exact) mass is 405 g/mol. The maximum Gasteiger partial charge on any atom is 0.297 e. The Morgan fingerprint density at radius 3 is 2.71 bits per heavy atom. The van der Waals surface area contributed by atoms with Crippen molar-refractivity contribution in [1.29, 1.82) is 0 Å². The van der Waals surface area contributed by atoms with Gasteiger partial charge in [-0.25, -0.2) is 4.98 Å². The van der Waals surface area contributed by atoms with Crippen LogP contribution in [0.1, 0.15) is 0 Å². The molecule has 0 aliphatic heterocycles. The molecule has 9 heteroatoms. The Hall–Kier alpha value is -2.46. The van der Waals surface area contributed by atoms with Crippen LogP contribution in [0.5, 0.6) is 0 Å². The first kappa shape index (κ1) is 20.3. The van der Waals surface area contributed by atoms with Crippen molar-refractivity contribution in [3.05, 3.63) is 48.8 Å². The molecule has 0 spiro atoms. The summed E-state index contributed by atoms with van der Waals surface area (Å²) in [5.74, 6) is 0. The SMILES string of the molecule is CNc1ccc2ncc(-c3cccc(S(=O)(=O)OCCOCCOC)c3)n2c1. The van der Waals surface area contributed by atoms with Gasteiger partial charge in [0.25, 0.3) is 10.1 Å². The third-order valence-electron chi connectivity index (χ3n) is 4.11. The lowest BCUT2D eigenvalue weighted by Crippen LogP contribution is -2.13. The molecule has 3 aromatic rings. The minimum absolute atomic E-state index is 0.0581. The average molecular weight is 405 g/mol. The van der Waals surface area contributed by atoms with Crippen molar-refractivity contribution in [2.45, 2.75) is 4.90 Å². The van der Waals surface area contributed by atoms with E-state index in [-0.39, 0.29) is 18.1 Å². The van der Waals surface area contributed by atoms with E-state index in [4.69, 9.17) is 13.7 Å². The maximum atomic E-state index is 12.5. The molecule has 0 unspecified atom stereocenters. The van der Waals surface area contributed by atoms with Crippen LogP contribution in [0.15, 0.2) is 53.7 Å². The third kappa shape index (κ3) is 4.68. The Balaban J connectivity index is 1.79. The number of hydrogen-bond donors (Lipinski definition) is 1. The molecule has 0 aliphatic carbocycles. The van der Waals surface area contributed by atoms with Crippen LogP contribution in [0, 0.1) is 0 Å². The van der Waals surface area contributed by atoms with Crippen LogP contribution in [-0.4, -0.2) is 58.4 Å². The van der Waals surface area contributed by atoms with Crippen molar-refractivity contribution in [1.82, 2.24) is 9.38 Å². The molecule has 0 saturated carbocycles. The number of fused-ring (bicyclic) bond motifs is 1. The second-order valence-corrected chi connectivity index (χ2v) is 7.56. The van der Waals surface area contributed by atoms with Crippen LogP contribution in [0.2, 0.25) is 0 Å². The highest BCUT2D eigenvalue weighted by Crippen LogP contribution is 2.25. The van der Waals surface area contributed by atoms with Crippen LogP contribution >= 0.6 is 0 Å². The summed E-state index contributed by atoms with van der Waals surface area (Å²) in [6, 6.07) is 10.4. The largest absolute Gasteiger partial charge is 0.387 e. The van der Waals surface area contributed by atoms with Crippen molar-refractivity contribution >= 4 is 21.5 Å². The first-order valence-electron chi connectivity index (χ1n) is 8.76. The molecule has 150 valence electrons. The number of ether oxygens (including phenoxy) is 2. The fourth-order valence-corrected chi connectivity index (χ4v) is 3.61. The molecule has 1 N–H and O–H groups in total. The summed E-state index contributed by atoms with van der Waals surface area (Å²) in [4.78, 5) is 4.46. The minimum atomic E-state index is -3.89. The second kappa shape index (κ2) is 9.16. The summed E-state index contributed by atoms with van der Waals surface area (Å²) in [5, 5.41) is 3.08. The summed E-state index contributed by atoms with van der Waals surface area (Å²) in [7, 11) is -0.481. The molecule has 28 heavy (non-hydrogen) atoms. The molecular weight excluding hydrogens is 382 g/mol. The summed E-state index contributed by atoms with van der Waals surface area (Å²) < 4.78 is 42.0. The van der Waals surface area contributed by atoms with Gasteiger partial charge in [0.05, 0.1) is 48.9 Å². The minimum Gasteiger partial charge on any atom is -0.387 e. The van der Waals surface area contributed by atoms with Gasteiger partial charge < -0.3 is 14.8 Å². The first-order chi connectivity index (χ1) is 13.5. The van der Waals surface area contributed by atoms with Gasteiger partial charge >= 0.3 is 0 Å². The molecule has 0 saturated heterocycles. The van der Waals surface area contributed by atoms with Gasteiger partial charge in [-0.15, -0.1) is 0 Å². The number of nitrogens with zero attached hydrogens (tertiary/aromatic N) is 2. The zero-order valence-electron chi connectivity index (χ0n) is 15.8. The lowest BCUT2D eigenvalue weighted by atomic mass is 10.2. The van der Waals surface area contributed by atoms with Crippen molar-refractivity contribution < 1.29 is 22.1 Å². The summed E-state index contributed by atoms with van der Waals surface area (Å²) in [6.07, 6.45) is 3.62. The van der Waals surface area contributed by atoms with Crippen molar-refractivity contribution in [2.75, 3.05) is 45.9 Å². The van der Waals surface area contributed by atoms with Crippen LogP contribution in [0.3, 0.4) is 0 Å². The molecular formula is C19H23N3O5S. The van der Waals surface area contributed by atoms with Gasteiger partial charge in [-0.3, -0.25) is 8.58 Å². The Morgan fingerprint density at radius 1 is 1.11 bits per heavy atom. The van der Waals surface area contributed by atoms with E-state index >= 15 is 0 Å². The van der Waals surface area contributed by atoms with E-state index < -0.39 is 10.1 Å². The summed E-state index contributed by atoms with van der Waals surface area (Å²) in [6.45, 7) is 0.946. The van der Waals surface area contributed by atoms with Gasteiger partial charge in [-0.2, -0.15) is 8.42 Å². The first-order valence-corrected chi connectivity index (χ1v) is 10.2. The normalized spacial score (nSPS) is 11.8. The van der Waals surface area contributed by atoms with E-state index in [2.05, 4.69) is 10.3 Å². The van der Waals surface area contributed by atoms with E-state index in [1.807, 2.05) is 35.8 Å². The number of hydrogen-bond acceptors (Lipinski definition) is 7. The van der Waals surface area contributed by atoms with Gasteiger partial charge in [-0.05, 0) is 24.3 Å². The number of methoxy groups -OCH3 is 1. The van der Waals surface area contributed by atoms with Crippen LogP contribution in [0.25, 0.3) is 16.9 Å². The summed E-state index contributed by atoms with van der Waals surface area (Å²) >= 11 is 0. The van der Waals surface area contributed by atoms with Gasteiger partial charge in [0.2, 0.25) is 0 Å². The molecule has 0 bridgehead atoms. The lowest BCUT2D eigenvalue weighted by Gasteiger charge is -2.09. The highest BCUT2D eigenvalue weighted by Gasteiger charge is 2.17. The van der Waals surface area contributed by atoms with E-state index in [0.717, 1.165) is 22.6 Å². The number of rotatable bonds is 10. The van der Waals surface area contributed by atoms with Crippen LogP contribution < -0.4 is 5.32 Å². The number of pyridine rings is 1. The summed E-state index contributed by atoms with van der Waals surface area (Å²) in [5.41, 5.74) is 3.20.